The van der Waals surface area contributed by atoms with Gasteiger partial charge in [0.25, 0.3) is 0 Å². The van der Waals surface area contributed by atoms with Crippen molar-refractivity contribution in [1.29, 1.82) is 0 Å². The van der Waals surface area contributed by atoms with Gasteiger partial charge in [-0.15, -0.1) is 0 Å². The van der Waals surface area contributed by atoms with E-state index in [0.717, 1.165) is 35.1 Å². The number of aromatic nitrogens is 3. The molecule has 20 heavy (non-hydrogen) atoms. The molecule has 0 amide bonds. The van der Waals surface area contributed by atoms with Gasteiger partial charge in [0.2, 0.25) is 5.88 Å². The second kappa shape index (κ2) is 6.05. The summed E-state index contributed by atoms with van der Waals surface area (Å²) in [6.45, 7) is 8.88. The van der Waals surface area contributed by atoms with Gasteiger partial charge in [-0.05, 0) is 13.8 Å². The first-order valence-electron chi connectivity index (χ1n) is 6.83. The Morgan fingerprint density at radius 2 is 2.00 bits per heavy atom. The number of nitrogens with zero attached hydrogens (tertiary/aromatic N) is 3. The summed E-state index contributed by atoms with van der Waals surface area (Å²) in [6, 6.07) is 4.30. The molecule has 2 aromatic heterocycles. The molecule has 5 heteroatoms. The van der Waals surface area contributed by atoms with E-state index in [4.69, 9.17) is 4.74 Å². The molecule has 0 aliphatic carbocycles. The first kappa shape index (κ1) is 14.5. The van der Waals surface area contributed by atoms with Gasteiger partial charge in [-0.2, -0.15) is 5.10 Å². The molecular weight excluding hydrogens is 252 g/mol. The Balaban J connectivity index is 2.25. The van der Waals surface area contributed by atoms with Crippen molar-refractivity contribution in [1.82, 2.24) is 20.1 Å². The van der Waals surface area contributed by atoms with Crippen LogP contribution in [-0.2, 0) is 13.6 Å². The zero-order chi connectivity index (χ0) is 14.7. The fourth-order valence-corrected chi connectivity index (χ4v) is 1.90. The molecular formula is C15H22N4O. The lowest BCUT2D eigenvalue weighted by atomic mass is 10.2. The largest absolute Gasteiger partial charge is 0.439 e. The molecule has 0 fully saturated rings. The zero-order valence-electron chi connectivity index (χ0n) is 12.8. The van der Waals surface area contributed by atoms with Crippen molar-refractivity contribution in [3.05, 3.63) is 35.3 Å². The fraction of sp³-hybridized carbons (Fsp3) is 0.467. The van der Waals surface area contributed by atoms with E-state index in [1.807, 2.05) is 39.2 Å². The van der Waals surface area contributed by atoms with Crippen molar-refractivity contribution in [2.45, 2.75) is 40.3 Å². The highest BCUT2D eigenvalue weighted by molar-refractivity contribution is 5.36. The van der Waals surface area contributed by atoms with Gasteiger partial charge < -0.3 is 10.1 Å². The van der Waals surface area contributed by atoms with Crippen LogP contribution in [0.2, 0.25) is 0 Å². The SMILES string of the molecule is Cc1cc(Oc2cc(C)nn2C)c(CNC(C)C)cn1. The van der Waals surface area contributed by atoms with E-state index in [1.165, 1.54) is 0 Å². The van der Waals surface area contributed by atoms with Crippen LogP contribution in [0.3, 0.4) is 0 Å². The van der Waals surface area contributed by atoms with Crippen molar-refractivity contribution in [2.75, 3.05) is 0 Å². The minimum absolute atomic E-state index is 0.420. The van der Waals surface area contributed by atoms with Gasteiger partial charge in [0.15, 0.2) is 0 Å². The first-order chi connectivity index (χ1) is 9.45. The molecule has 0 atom stereocenters. The standard InChI is InChI=1S/C15H22N4O/c1-10(2)16-8-13-9-17-11(3)6-14(13)20-15-7-12(4)18-19(15)5/h6-7,9-10,16H,8H2,1-5H3. The topological polar surface area (TPSA) is 52.0 Å². The van der Waals surface area contributed by atoms with Crippen LogP contribution in [0.1, 0.15) is 30.8 Å². The first-order valence-corrected chi connectivity index (χ1v) is 6.83. The van der Waals surface area contributed by atoms with E-state index in [0.29, 0.717) is 6.04 Å². The number of ether oxygens (including phenoxy) is 1. The van der Waals surface area contributed by atoms with Gasteiger partial charge in [-0.3, -0.25) is 4.98 Å². The number of aryl methyl sites for hydroxylation is 3. The van der Waals surface area contributed by atoms with Gasteiger partial charge in [-0.1, -0.05) is 13.8 Å². The van der Waals surface area contributed by atoms with E-state index >= 15 is 0 Å². The average Bonchev–Trinajstić information content (AvgIpc) is 2.66. The maximum atomic E-state index is 5.99. The number of pyridine rings is 1. The predicted molar refractivity (Wildman–Crippen MR) is 79.0 cm³/mol. The summed E-state index contributed by atoms with van der Waals surface area (Å²) in [5.74, 6) is 1.56. The summed E-state index contributed by atoms with van der Waals surface area (Å²) in [7, 11) is 1.88. The molecule has 0 aliphatic rings. The van der Waals surface area contributed by atoms with Crippen molar-refractivity contribution >= 4 is 0 Å². The van der Waals surface area contributed by atoms with Crippen molar-refractivity contribution in [3.63, 3.8) is 0 Å². The molecule has 0 saturated carbocycles. The van der Waals surface area contributed by atoms with E-state index in [9.17, 15) is 0 Å². The molecule has 108 valence electrons. The van der Waals surface area contributed by atoms with E-state index in [1.54, 1.807) is 4.68 Å². The third-order valence-electron chi connectivity index (χ3n) is 2.95. The molecule has 0 unspecified atom stereocenters. The lowest BCUT2D eigenvalue weighted by Gasteiger charge is -2.13. The molecule has 0 saturated heterocycles. The van der Waals surface area contributed by atoms with Crippen LogP contribution >= 0.6 is 0 Å². The molecule has 0 radical (unpaired) electrons. The van der Waals surface area contributed by atoms with E-state index < -0.39 is 0 Å². The minimum atomic E-state index is 0.420. The van der Waals surface area contributed by atoms with Crippen LogP contribution in [0.4, 0.5) is 0 Å². The maximum Gasteiger partial charge on any atom is 0.217 e. The van der Waals surface area contributed by atoms with Crippen molar-refractivity contribution in [2.24, 2.45) is 7.05 Å². The number of hydrogen-bond donors (Lipinski definition) is 1. The van der Waals surface area contributed by atoms with Gasteiger partial charge in [0.05, 0.1) is 5.69 Å². The number of hydrogen-bond acceptors (Lipinski definition) is 4. The van der Waals surface area contributed by atoms with Crippen LogP contribution < -0.4 is 10.1 Å². The molecule has 0 bridgehead atoms. The molecule has 2 rings (SSSR count). The van der Waals surface area contributed by atoms with Crippen LogP contribution in [0.25, 0.3) is 0 Å². The summed E-state index contributed by atoms with van der Waals surface area (Å²) in [6.07, 6.45) is 1.86. The average molecular weight is 274 g/mol. The Kier molecular flexibility index (Phi) is 4.39. The summed E-state index contributed by atoms with van der Waals surface area (Å²) >= 11 is 0. The van der Waals surface area contributed by atoms with Gasteiger partial charge in [0, 0.05) is 49.2 Å². The Hall–Kier alpha value is -1.88. The smallest absolute Gasteiger partial charge is 0.217 e. The maximum absolute atomic E-state index is 5.99. The Bertz CT molecular complexity index is 590. The summed E-state index contributed by atoms with van der Waals surface area (Å²) in [5, 5.41) is 7.68. The summed E-state index contributed by atoms with van der Waals surface area (Å²) < 4.78 is 7.74. The molecule has 2 aromatic rings. The summed E-state index contributed by atoms with van der Waals surface area (Å²) in [5.41, 5.74) is 2.92. The Morgan fingerprint density at radius 1 is 1.25 bits per heavy atom. The van der Waals surface area contributed by atoms with Gasteiger partial charge >= 0.3 is 0 Å². The monoisotopic (exact) mass is 274 g/mol. The lowest BCUT2D eigenvalue weighted by Crippen LogP contribution is -2.22. The highest BCUT2D eigenvalue weighted by Gasteiger charge is 2.10. The van der Waals surface area contributed by atoms with Gasteiger partial charge in [0.1, 0.15) is 5.75 Å². The van der Waals surface area contributed by atoms with E-state index in [-0.39, 0.29) is 0 Å². The molecule has 0 spiro atoms. The second-order valence-corrected chi connectivity index (χ2v) is 5.32. The number of rotatable bonds is 5. The molecule has 1 N–H and O–H groups in total. The third-order valence-corrected chi connectivity index (χ3v) is 2.95. The quantitative estimate of drug-likeness (QED) is 0.911. The minimum Gasteiger partial charge on any atom is -0.439 e. The van der Waals surface area contributed by atoms with Crippen LogP contribution in [0.15, 0.2) is 18.3 Å². The summed E-state index contributed by atoms with van der Waals surface area (Å²) in [4.78, 5) is 4.34. The normalized spacial score (nSPS) is 11.1. The van der Waals surface area contributed by atoms with Crippen LogP contribution in [0, 0.1) is 13.8 Å². The Morgan fingerprint density at radius 3 is 2.60 bits per heavy atom. The van der Waals surface area contributed by atoms with Gasteiger partial charge in [-0.25, -0.2) is 4.68 Å². The molecule has 0 aromatic carbocycles. The number of nitrogens with one attached hydrogen (secondary N) is 1. The zero-order valence-corrected chi connectivity index (χ0v) is 12.8. The van der Waals surface area contributed by atoms with E-state index in [2.05, 4.69) is 29.2 Å². The predicted octanol–water partition coefficient (Wildman–Crippen LogP) is 2.72. The highest BCUT2D eigenvalue weighted by atomic mass is 16.5. The van der Waals surface area contributed by atoms with Crippen molar-refractivity contribution in [3.8, 4) is 11.6 Å². The fourth-order valence-electron chi connectivity index (χ4n) is 1.90. The van der Waals surface area contributed by atoms with Crippen LogP contribution in [0.5, 0.6) is 11.6 Å². The highest BCUT2D eigenvalue weighted by Crippen LogP contribution is 2.26. The molecule has 0 aliphatic heterocycles. The molecule has 5 nitrogen and oxygen atoms in total. The second-order valence-electron chi connectivity index (χ2n) is 5.32. The Labute approximate surface area is 120 Å². The lowest BCUT2D eigenvalue weighted by molar-refractivity contribution is 0.421. The van der Waals surface area contributed by atoms with Crippen LogP contribution in [-0.4, -0.2) is 20.8 Å². The van der Waals surface area contributed by atoms with Crippen molar-refractivity contribution < 1.29 is 4.74 Å². The third kappa shape index (κ3) is 3.57. The molecule has 2 heterocycles.